The molecule has 3 heterocycles. The summed E-state index contributed by atoms with van der Waals surface area (Å²) in [5, 5.41) is 6.90. The first-order valence-corrected chi connectivity index (χ1v) is 11.2. The fourth-order valence-electron chi connectivity index (χ4n) is 4.04. The largest absolute Gasteiger partial charge is 0.497 e. The molecule has 2 N–H and O–H groups in total. The molecule has 0 atom stereocenters. The summed E-state index contributed by atoms with van der Waals surface area (Å²) in [7, 11) is 3.24. The number of carbonyl (C=O) groups is 1. The first-order chi connectivity index (χ1) is 17.5. The number of anilines is 3. The van der Waals surface area contributed by atoms with Crippen molar-refractivity contribution < 1.29 is 14.3 Å². The van der Waals surface area contributed by atoms with Gasteiger partial charge in [-0.25, -0.2) is 9.97 Å². The van der Waals surface area contributed by atoms with Gasteiger partial charge in [0.1, 0.15) is 17.1 Å². The van der Waals surface area contributed by atoms with Gasteiger partial charge in [-0.15, -0.1) is 0 Å². The van der Waals surface area contributed by atoms with Crippen molar-refractivity contribution in [2.24, 2.45) is 0 Å². The molecule has 9 nitrogen and oxygen atoms in total. The number of pyridine rings is 1. The van der Waals surface area contributed by atoms with Gasteiger partial charge >= 0.3 is 0 Å². The SMILES string of the molecule is C=CC(=O)Nc1cccc(C)c1Nc1ncc2cc(-c3cc(OC)cc(OC)c3)c3nccn3c2n1. The van der Waals surface area contributed by atoms with Crippen LogP contribution in [0.5, 0.6) is 11.5 Å². The maximum atomic E-state index is 11.9. The second kappa shape index (κ2) is 9.38. The van der Waals surface area contributed by atoms with Crippen molar-refractivity contribution in [3.8, 4) is 22.6 Å². The molecule has 0 aliphatic carbocycles. The summed E-state index contributed by atoms with van der Waals surface area (Å²) in [5.74, 6) is 1.45. The number of ether oxygens (including phenoxy) is 2. The number of para-hydroxylation sites is 1. The molecule has 0 aliphatic heterocycles. The summed E-state index contributed by atoms with van der Waals surface area (Å²) in [4.78, 5) is 25.8. The highest BCUT2D eigenvalue weighted by Gasteiger charge is 2.15. The number of aromatic nitrogens is 4. The average Bonchev–Trinajstić information content (AvgIpc) is 3.40. The summed E-state index contributed by atoms with van der Waals surface area (Å²) in [5.41, 5.74) is 5.45. The van der Waals surface area contributed by atoms with Gasteiger partial charge in [-0.3, -0.25) is 9.20 Å². The summed E-state index contributed by atoms with van der Waals surface area (Å²) in [6.45, 7) is 5.46. The summed E-state index contributed by atoms with van der Waals surface area (Å²) >= 11 is 0. The van der Waals surface area contributed by atoms with Crippen molar-refractivity contribution in [1.29, 1.82) is 0 Å². The number of amides is 1. The number of nitrogens with zero attached hydrogens (tertiary/aromatic N) is 4. The van der Waals surface area contributed by atoms with Crippen LogP contribution in [0.15, 0.2) is 73.7 Å². The van der Waals surface area contributed by atoms with Crippen LogP contribution in [0.4, 0.5) is 17.3 Å². The topological polar surface area (TPSA) is 103 Å². The van der Waals surface area contributed by atoms with Gasteiger partial charge in [-0.2, -0.15) is 4.98 Å². The number of benzene rings is 2. The minimum Gasteiger partial charge on any atom is -0.497 e. The minimum atomic E-state index is -0.301. The molecule has 180 valence electrons. The van der Waals surface area contributed by atoms with Crippen molar-refractivity contribution in [2.45, 2.75) is 6.92 Å². The molecule has 5 aromatic rings. The maximum absolute atomic E-state index is 11.9. The molecular weight excluding hydrogens is 456 g/mol. The zero-order chi connectivity index (χ0) is 25.2. The molecule has 9 heteroatoms. The van der Waals surface area contributed by atoms with E-state index in [9.17, 15) is 4.79 Å². The standard InChI is InChI=1S/C27H24N6O3/c1-5-23(34)30-22-8-6-7-16(2)24(22)31-27-29-15-18-13-21(26-28-9-10-33(26)25(18)32-27)17-11-19(35-3)14-20(12-17)36-4/h5-15H,1H2,2-4H3,(H,30,34)(H,29,31,32). The van der Waals surface area contributed by atoms with Gasteiger partial charge in [0, 0.05) is 35.6 Å². The van der Waals surface area contributed by atoms with E-state index in [0.29, 0.717) is 34.5 Å². The van der Waals surface area contributed by atoms with Crippen molar-refractivity contribution in [2.75, 3.05) is 24.9 Å². The normalized spacial score (nSPS) is 10.9. The van der Waals surface area contributed by atoms with Crippen molar-refractivity contribution in [3.05, 3.63) is 79.3 Å². The number of nitrogens with one attached hydrogen (secondary N) is 2. The van der Waals surface area contributed by atoms with E-state index < -0.39 is 0 Å². The van der Waals surface area contributed by atoms with Gasteiger partial charge in [0.05, 0.1) is 25.6 Å². The Morgan fingerprint density at radius 2 is 1.83 bits per heavy atom. The third-order valence-corrected chi connectivity index (χ3v) is 5.82. The number of imidazole rings is 1. The molecule has 0 unspecified atom stereocenters. The van der Waals surface area contributed by atoms with E-state index in [2.05, 4.69) is 27.2 Å². The van der Waals surface area contributed by atoms with Crippen molar-refractivity contribution in [1.82, 2.24) is 19.4 Å². The Morgan fingerprint density at radius 1 is 1.06 bits per heavy atom. The average molecular weight is 481 g/mol. The Bertz CT molecular complexity index is 1600. The molecule has 0 bridgehead atoms. The van der Waals surface area contributed by atoms with Gasteiger partial charge in [0.2, 0.25) is 11.9 Å². The van der Waals surface area contributed by atoms with Gasteiger partial charge < -0.3 is 20.1 Å². The van der Waals surface area contributed by atoms with Crippen LogP contribution in [-0.4, -0.2) is 39.5 Å². The summed E-state index contributed by atoms with van der Waals surface area (Å²) in [6, 6.07) is 13.3. The Kier molecular flexibility index (Phi) is 5.95. The lowest BCUT2D eigenvalue weighted by atomic mass is 10.0. The second-order valence-electron chi connectivity index (χ2n) is 8.07. The molecular formula is C27H24N6O3. The highest BCUT2D eigenvalue weighted by atomic mass is 16.5. The first kappa shape index (κ1) is 22.9. The molecule has 36 heavy (non-hydrogen) atoms. The lowest BCUT2D eigenvalue weighted by Crippen LogP contribution is -2.10. The number of hydrogen-bond acceptors (Lipinski definition) is 7. The predicted octanol–water partition coefficient (Wildman–Crippen LogP) is 5.14. The zero-order valence-corrected chi connectivity index (χ0v) is 20.1. The maximum Gasteiger partial charge on any atom is 0.247 e. The van der Waals surface area contributed by atoms with Crippen LogP contribution < -0.4 is 20.1 Å². The number of aryl methyl sites for hydroxylation is 1. The summed E-state index contributed by atoms with van der Waals surface area (Å²) in [6.07, 6.45) is 6.57. The quantitative estimate of drug-likeness (QED) is 0.311. The Morgan fingerprint density at radius 3 is 2.56 bits per heavy atom. The number of methoxy groups -OCH3 is 2. The van der Waals surface area contributed by atoms with Crippen molar-refractivity contribution in [3.63, 3.8) is 0 Å². The molecule has 2 aromatic carbocycles. The predicted molar refractivity (Wildman–Crippen MR) is 140 cm³/mol. The Labute approximate surface area is 207 Å². The molecule has 5 rings (SSSR count). The van der Waals surface area contributed by atoms with E-state index in [-0.39, 0.29) is 5.91 Å². The van der Waals surface area contributed by atoms with Crippen LogP contribution >= 0.6 is 0 Å². The molecule has 0 aliphatic rings. The molecule has 3 aromatic heterocycles. The fraction of sp³-hybridized carbons (Fsp3) is 0.111. The number of rotatable bonds is 7. The van der Waals surface area contributed by atoms with Gasteiger partial charge in [0.25, 0.3) is 0 Å². The van der Waals surface area contributed by atoms with Crippen LogP contribution in [0.2, 0.25) is 0 Å². The van der Waals surface area contributed by atoms with Gasteiger partial charge in [0.15, 0.2) is 5.65 Å². The third-order valence-electron chi connectivity index (χ3n) is 5.82. The van der Waals surface area contributed by atoms with E-state index in [0.717, 1.165) is 27.7 Å². The molecule has 0 spiro atoms. The molecule has 1 amide bonds. The third kappa shape index (κ3) is 4.18. The van der Waals surface area contributed by atoms with Crippen LogP contribution in [0.3, 0.4) is 0 Å². The smallest absolute Gasteiger partial charge is 0.247 e. The van der Waals surface area contributed by atoms with Gasteiger partial charge in [-0.05, 0) is 48.4 Å². The second-order valence-corrected chi connectivity index (χ2v) is 8.07. The van der Waals surface area contributed by atoms with E-state index in [1.165, 1.54) is 6.08 Å². The minimum absolute atomic E-state index is 0.301. The van der Waals surface area contributed by atoms with Crippen LogP contribution in [0.25, 0.3) is 27.8 Å². The monoisotopic (exact) mass is 480 g/mol. The highest BCUT2D eigenvalue weighted by molar-refractivity contribution is 6.01. The van der Waals surface area contributed by atoms with E-state index in [4.69, 9.17) is 14.5 Å². The Hall–Kier alpha value is -4.92. The van der Waals surface area contributed by atoms with Gasteiger partial charge in [-0.1, -0.05) is 18.7 Å². The Balaban J connectivity index is 1.61. The van der Waals surface area contributed by atoms with E-state index in [1.54, 1.807) is 32.7 Å². The van der Waals surface area contributed by atoms with Crippen LogP contribution in [0.1, 0.15) is 5.56 Å². The van der Waals surface area contributed by atoms with Crippen LogP contribution in [0, 0.1) is 6.92 Å². The van der Waals surface area contributed by atoms with E-state index >= 15 is 0 Å². The number of hydrogen-bond donors (Lipinski definition) is 2. The number of fused-ring (bicyclic) bond motifs is 3. The zero-order valence-electron chi connectivity index (χ0n) is 20.1. The lowest BCUT2D eigenvalue weighted by Gasteiger charge is -2.15. The highest BCUT2D eigenvalue weighted by Crippen LogP contribution is 2.34. The molecule has 0 radical (unpaired) electrons. The molecule has 0 saturated carbocycles. The molecule has 0 fully saturated rings. The van der Waals surface area contributed by atoms with Crippen LogP contribution in [-0.2, 0) is 4.79 Å². The summed E-state index contributed by atoms with van der Waals surface area (Å²) < 4.78 is 12.8. The van der Waals surface area contributed by atoms with Crippen molar-refractivity contribution >= 4 is 39.9 Å². The fourth-order valence-corrected chi connectivity index (χ4v) is 4.04. The number of carbonyl (C=O) groups excluding carboxylic acids is 1. The first-order valence-electron chi connectivity index (χ1n) is 11.2. The van der Waals surface area contributed by atoms with E-state index in [1.807, 2.05) is 53.9 Å². The lowest BCUT2D eigenvalue weighted by molar-refractivity contribution is -0.111. The molecule has 0 saturated heterocycles.